The molecular formula is C14H16F2N2O2. The van der Waals surface area contributed by atoms with E-state index >= 15 is 0 Å². The highest BCUT2D eigenvalue weighted by atomic mass is 19.1. The van der Waals surface area contributed by atoms with E-state index in [9.17, 15) is 13.6 Å². The van der Waals surface area contributed by atoms with Crippen LogP contribution in [0.25, 0.3) is 0 Å². The third-order valence-corrected chi connectivity index (χ3v) is 3.04. The summed E-state index contributed by atoms with van der Waals surface area (Å²) < 4.78 is 30.9. The molecule has 0 aliphatic carbocycles. The van der Waals surface area contributed by atoms with Crippen molar-refractivity contribution < 1.29 is 18.3 Å². The number of nitrogens with zero attached hydrogens (tertiary/aromatic N) is 1. The van der Waals surface area contributed by atoms with Crippen LogP contribution in [-0.4, -0.2) is 18.1 Å². The minimum Gasteiger partial charge on any atom is -0.481 e. The minimum atomic E-state index is -1.03. The molecule has 0 aliphatic rings. The van der Waals surface area contributed by atoms with Crippen LogP contribution in [0.4, 0.5) is 8.78 Å². The molecule has 0 fully saturated rings. The van der Waals surface area contributed by atoms with E-state index in [1.165, 1.54) is 0 Å². The number of nitrogens with one attached hydrogen (secondary N) is 1. The second-order valence-electron chi connectivity index (χ2n) is 4.88. The lowest BCUT2D eigenvalue weighted by Gasteiger charge is -2.27. The second kappa shape index (κ2) is 6.33. The Morgan fingerprint density at radius 3 is 2.65 bits per heavy atom. The van der Waals surface area contributed by atoms with Crippen LogP contribution in [0, 0.1) is 28.9 Å². The first-order chi connectivity index (χ1) is 9.28. The van der Waals surface area contributed by atoms with Crippen molar-refractivity contribution in [1.29, 1.82) is 5.26 Å². The van der Waals surface area contributed by atoms with Crippen molar-refractivity contribution in [3.05, 3.63) is 29.8 Å². The zero-order valence-corrected chi connectivity index (χ0v) is 11.5. The van der Waals surface area contributed by atoms with Gasteiger partial charge in [0, 0.05) is 6.07 Å². The van der Waals surface area contributed by atoms with Crippen LogP contribution >= 0.6 is 0 Å². The molecule has 0 heterocycles. The number of halogens is 2. The van der Waals surface area contributed by atoms with Crippen LogP contribution < -0.4 is 10.1 Å². The number of rotatable bonds is 5. The first-order valence-corrected chi connectivity index (χ1v) is 6.08. The highest BCUT2D eigenvalue weighted by molar-refractivity contribution is 5.78. The lowest BCUT2D eigenvalue weighted by atomic mass is 9.90. The zero-order valence-electron chi connectivity index (χ0n) is 11.5. The molecule has 0 radical (unpaired) electrons. The minimum absolute atomic E-state index is 0.0981. The van der Waals surface area contributed by atoms with E-state index in [2.05, 4.69) is 5.32 Å². The number of nitriles is 1. The lowest BCUT2D eigenvalue weighted by molar-refractivity contribution is -0.124. The van der Waals surface area contributed by atoms with E-state index in [1.54, 1.807) is 20.8 Å². The Hall–Kier alpha value is -2.16. The molecule has 0 aromatic heterocycles. The predicted molar refractivity (Wildman–Crippen MR) is 68.9 cm³/mol. The first kappa shape index (κ1) is 15.9. The molecule has 0 bridgehead atoms. The van der Waals surface area contributed by atoms with Gasteiger partial charge in [-0.05, 0) is 25.0 Å². The van der Waals surface area contributed by atoms with E-state index in [1.807, 2.05) is 6.07 Å². The van der Waals surface area contributed by atoms with Crippen molar-refractivity contribution in [2.45, 2.75) is 26.3 Å². The van der Waals surface area contributed by atoms with E-state index in [0.29, 0.717) is 6.07 Å². The number of benzene rings is 1. The van der Waals surface area contributed by atoms with Crippen LogP contribution in [0.2, 0.25) is 0 Å². The van der Waals surface area contributed by atoms with E-state index < -0.39 is 29.7 Å². The summed E-state index contributed by atoms with van der Waals surface area (Å²) in [6, 6.07) is 4.81. The Labute approximate surface area is 116 Å². The van der Waals surface area contributed by atoms with Gasteiger partial charge in [-0.1, -0.05) is 13.8 Å². The molecule has 108 valence electrons. The van der Waals surface area contributed by atoms with E-state index in [4.69, 9.17) is 10.00 Å². The molecule has 6 heteroatoms. The van der Waals surface area contributed by atoms with Gasteiger partial charge in [0.25, 0.3) is 5.91 Å². The van der Waals surface area contributed by atoms with Crippen molar-refractivity contribution in [1.82, 2.24) is 5.32 Å². The van der Waals surface area contributed by atoms with Crippen LogP contribution in [0.5, 0.6) is 5.75 Å². The van der Waals surface area contributed by atoms with Crippen molar-refractivity contribution in [3.63, 3.8) is 0 Å². The molecule has 1 N–H and O–H groups in total. The third kappa shape index (κ3) is 3.92. The Balaban J connectivity index is 2.62. The number of hydrogen-bond acceptors (Lipinski definition) is 3. The van der Waals surface area contributed by atoms with Gasteiger partial charge in [-0.3, -0.25) is 4.79 Å². The summed E-state index contributed by atoms with van der Waals surface area (Å²) in [4.78, 5) is 11.7. The Morgan fingerprint density at radius 2 is 2.15 bits per heavy atom. The summed E-state index contributed by atoms with van der Waals surface area (Å²) in [6.07, 6.45) is 0. The Bertz CT molecular complexity index is 540. The fraction of sp³-hybridized carbons (Fsp3) is 0.429. The van der Waals surface area contributed by atoms with Crippen molar-refractivity contribution in [2.75, 3.05) is 6.61 Å². The number of carbonyl (C=O) groups is 1. The Morgan fingerprint density at radius 1 is 1.50 bits per heavy atom. The van der Waals surface area contributed by atoms with Gasteiger partial charge in [0.15, 0.2) is 18.2 Å². The third-order valence-electron chi connectivity index (χ3n) is 3.04. The second-order valence-corrected chi connectivity index (χ2v) is 4.88. The SMILES string of the molecule is CC(C)C(C)(C#N)NC(=O)COc1ccc(F)cc1F. The van der Waals surface area contributed by atoms with Crippen LogP contribution in [0.1, 0.15) is 20.8 Å². The highest BCUT2D eigenvalue weighted by Gasteiger charge is 2.30. The van der Waals surface area contributed by atoms with Crippen molar-refractivity contribution in [3.8, 4) is 11.8 Å². The largest absolute Gasteiger partial charge is 0.481 e. The van der Waals surface area contributed by atoms with Gasteiger partial charge >= 0.3 is 0 Å². The summed E-state index contributed by atoms with van der Waals surface area (Å²) in [7, 11) is 0. The molecule has 1 atom stereocenters. The number of hydrogen-bond donors (Lipinski definition) is 1. The number of carbonyl (C=O) groups excluding carboxylic acids is 1. The van der Waals surface area contributed by atoms with Gasteiger partial charge in [-0.2, -0.15) is 5.26 Å². The van der Waals surface area contributed by atoms with Crippen molar-refractivity contribution in [2.24, 2.45) is 5.92 Å². The lowest BCUT2D eigenvalue weighted by Crippen LogP contribution is -2.50. The molecule has 1 rings (SSSR count). The average Bonchev–Trinajstić information content (AvgIpc) is 2.37. The molecule has 0 spiro atoms. The van der Waals surface area contributed by atoms with Gasteiger partial charge in [0.2, 0.25) is 0 Å². The molecule has 1 aromatic carbocycles. The summed E-state index contributed by atoms with van der Waals surface area (Å²) in [5.41, 5.74) is -1.03. The van der Waals surface area contributed by atoms with Gasteiger partial charge in [0.1, 0.15) is 11.4 Å². The Kier molecular flexibility index (Phi) is 5.03. The maximum atomic E-state index is 13.3. The molecule has 0 saturated heterocycles. The fourth-order valence-electron chi connectivity index (χ4n) is 1.36. The molecule has 0 saturated carbocycles. The molecule has 1 unspecified atom stereocenters. The zero-order chi connectivity index (χ0) is 15.3. The number of amides is 1. The summed E-state index contributed by atoms with van der Waals surface area (Å²) in [5, 5.41) is 11.6. The average molecular weight is 282 g/mol. The highest BCUT2D eigenvalue weighted by Crippen LogP contribution is 2.18. The molecule has 1 aromatic rings. The van der Waals surface area contributed by atoms with Gasteiger partial charge in [-0.25, -0.2) is 8.78 Å². The van der Waals surface area contributed by atoms with Crippen molar-refractivity contribution >= 4 is 5.91 Å². The monoisotopic (exact) mass is 282 g/mol. The molecular weight excluding hydrogens is 266 g/mol. The van der Waals surface area contributed by atoms with E-state index in [-0.39, 0.29) is 11.7 Å². The van der Waals surface area contributed by atoms with Gasteiger partial charge < -0.3 is 10.1 Å². The fourth-order valence-corrected chi connectivity index (χ4v) is 1.36. The van der Waals surface area contributed by atoms with Gasteiger partial charge in [0.05, 0.1) is 6.07 Å². The summed E-state index contributed by atoms with van der Waals surface area (Å²) in [5.74, 6) is -2.48. The van der Waals surface area contributed by atoms with Crippen LogP contribution in [-0.2, 0) is 4.79 Å². The topological polar surface area (TPSA) is 62.1 Å². The van der Waals surface area contributed by atoms with Gasteiger partial charge in [-0.15, -0.1) is 0 Å². The summed E-state index contributed by atoms with van der Waals surface area (Å²) >= 11 is 0. The first-order valence-electron chi connectivity index (χ1n) is 6.08. The van der Waals surface area contributed by atoms with Crippen LogP contribution in [0.3, 0.4) is 0 Å². The molecule has 20 heavy (non-hydrogen) atoms. The van der Waals surface area contributed by atoms with E-state index in [0.717, 1.165) is 12.1 Å². The smallest absolute Gasteiger partial charge is 0.259 e. The number of ether oxygens (including phenoxy) is 1. The maximum absolute atomic E-state index is 13.3. The quantitative estimate of drug-likeness (QED) is 0.902. The van der Waals surface area contributed by atoms with Crippen LogP contribution in [0.15, 0.2) is 18.2 Å². The standard InChI is InChI=1S/C14H16F2N2O2/c1-9(2)14(3,8-17)18-13(19)7-20-12-5-4-10(15)6-11(12)16/h4-6,9H,7H2,1-3H3,(H,18,19). The normalized spacial score (nSPS) is 13.4. The molecule has 0 aliphatic heterocycles. The summed E-state index contributed by atoms with van der Waals surface area (Å²) in [6.45, 7) is 4.73. The predicted octanol–water partition coefficient (Wildman–Crippen LogP) is 2.40. The molecule has 1 amide bonds. The maximum Gasteiger partial charge on any atom is 0.259 e. The molecule has 4 nitrogen and oxygen atoms in total.